The highest BCUT2D eigenvalue weighted by molar-refractivity contribution is 9.09. The van der Waals surface area contributed by atoms with Crippen molar-refractivity contribution in [3.8, 4) is 0 Å². The van der Waals surface area contributed by atoms with Crippen molar-refractivity contribution < 1.29 is 4.79 Å². The first-order chi connectivity index (χ1) is 8.06. The average molecular weight is 297 g/mol. The van der Waals surface area contributed by atoms with Crippen LogP contribution >= 0.6 is 15.9 Å². The Labute approximate surface area is 113 Å². The van der Waals surface area contributed by atoms with E-state index in [0.29, 0.717) is 12.2 Å². The zero-order valence-corrected chi connectivity index (χ0v) is 12.6. The Hall–Kier alpha value is -0.630. The first kappa shape index (κ1) is 14.4. The smallest absolute Gasteiger partial charge is 0.163 e. The van der Waals surface area contributed by atoms with Crippen LogP contribution in [0.5, 0.6) is 0 Å². The van der Waals surface area contributed by atoms with E-state index in [1.54, 1.807) is 0 Å². The second kappa shape index (κ2) is 6.95. The lowest BCUT2D eigenvalue weighted by atomic mass is 9.96. The summed E-state index contributed by atoms with van der Waals surface area (Å²) in [6.45, 7) is 6.18. The molecule has 0 saturated heterocycles. The van der Waals surface area contributed by atoms with Gasteiger partial charge in [0.25, 0.3) is 0 Å². The van der Waals surface area contributed by atoms with Gasteiger partial charge in [0.2, 0.25) is 0 Å². The largest absolute Gasteiger partial charge is 0.294 e. The van der Waals surface area contributed by atoms with E-state index in [1.165, 1.54) is 11.1 Å². The number of benzene rings is 1. The van der Waals surface area contributed by atoms with Gasteiger partial charge in [-0.15, -0.1) is 0 Å². The van der Waals surface area contributed by atoms with Gasteiger partial charge in [0.1, 0.15) is 0 Å². The van der Waals surface area contributed by atoms with Crippen LogP contribution in [0, 0.1) is 20.8 Å². The lowest BCUT2D eigenvalue weighted by Crippen LogP contribution is -2.03. The molecule has 0 fully saturated rings. The lowest BCUT2D eigenvalue weighted by Gasteiger charge is -2.08. The summed E-state index contributed by atoms with van der Waals surface area (Å²) in [5, 5.41) is 1.03. The summed E-state index contributed by atoms with van der Waals surface area (Å²) in [5.41, 5.74) is 4.49. The van der Waals surface area contributed by atoms with Crippen LogP contribution in [0.15, 0.2) is 12.1 Å². The van der Waals surface area contributed by atoms with Crippen molar-refractivity contribution in [1.29, 1.82) is 0 Å². The van der Waals surface area contributed by atoms with Gasteiger partial charge in [-0.05, 0) is 56.4 Å². The maximum atomic E-state index is 12.1. The summed E-state index contributed by atoms with van der Waals surface area (Å²) in [6.07, 6.45) is 3.95. The second-order valence-electron chi connectivity index (χ2n) is 4.67. The van der Waals surface area contributed by atoms with Crippen molar-refractivity contribution in [3.05, 3.63) is 34.4 Å². The van der Waals surface area contributed by atoms with Crippen LogP contribution in [0.4, 0.5) is 0 Å². The van der Waals surface area contributed by atoms with Crippen LogP contribution in [-0.2, 0) is 0 Å². The van der Waals surface area contributed by atoms with Gasteiger partial charge in [-0.3, -0.25) is 4.79 Å². The molecule has 0 aliphatic rings. The zero-order chi connectivity index (χ0) is 12.8. The van der Waals surface area contributed by atoms with Gasteiger partial charge in [0.15, 0.2) is 5.78 Å². The number of unbranched alkanes of at least 4 members (excludes halogenated alkanes) is 2. The number of aryl methyl sites for hydroxylation is 3. The van der Waals surface area contributed by atoms with Crippen LogP contribution in [0.2, 0.25) is 0 Å². The molecule has 1 aromatic rings. The predicted octanol–water partition coefficient (Wildman–Crippen LogP) is 4.75. The SMILES string of the molecule is Cc1cc(C)c(C(=O)CCCCCBr)cc1C. The first-order valence-electron chi connectivity index (χ1n) is 6.23. The van der Waals surface area contributed by atoms with Gasteiger partial charge < -0.3 is 0 Å². The molecule has 0 aliphatic heterocycles. The Bertz CT molecular complexity index is 396. The highest BCUT2D eigenvalue weighted by atomic mass is 79.9. The lowest BCUT2D eigenvalue weighted by molar-refractivity contribution is 0.0978. The van der Waals surface area contributed by atoms with Crippen molar-refractivity contribution in [1.82, 2.24) is 0 Å². The van der Waals surface area contributed by atoms with Gasteiger partial charge in [0.05, 0.1) is 0 Å². The molecule has 0 aromatic heterocycles. The fourth-order valence-corrected chi connectivity index (χ4v) is 2.35. The maximum absolute atomic E-state index is 12.1. The Morgan fingerprint density at radius 3 is 2.29 bits per heavy atom. The second-order valence-corrected chi connectivity index (χ2v) is 5.47. The standard InChI is InChI=1S/C15H21BrO/c1-11-9-13(3)14(10-12(11)2)15(17)7-5-4-6-8-16/h9-10H,4-8H2,1-3H3. The summed E-state index contributed by atoms with van der Waals surface area (Å²) in [4.78, 5) is 12.1. The molecule has 0 heterocycles. The third-order valence-corrected chi connectivity index (χ3v) is 3.74. The minimum atomic E-state index is 0.292. The van der Waals surface area contributed by atoms with E-state index in [0.717, 1.165) is 35.7 Å². The van der Waals surface area contributed by atoms with Crippen LogP contribution in [0.3, 0.4) is 0 Å². The van der Waals surface area contributed by atoms with E-state index in [-0.39, 0.29) is 0 Å². The van der Waals surface area contributed by atoms with E-state index in [9.17, 15) is 4.79 Å². The predicted molar refractivity (Wildman–Crippen MR) is 77.2 cm³/mol. The third kappa shape index (κ3) is 4.27. The maximum Gasteiger partial charge on any atom is 0.163 e. The molecular weight excluding hydrogens is 276 g/mol. The monoisotopic (exact) mass is 296 g/mol. The van der Waals surface area contributed by atoms with Crippen molar-refractivity contribution in [3.63, 3.8) is 0 Å². The summed E-state index contributed by atoms with van der Waals surface area (Å²) < 4.78 is 0. The minimum absolute atomic E-state index is 0.292. The topological polar surface area (TPSA) is 17.1 Å². The molecular formula is C15H21BrO. The molecule has 0 unspecified atom stereocenters. The van der Waals surface area contributed by atoms with Crippen molar-refractivity contribution in [2.75, 3.05) is 5.33 Å². The van der Waals surface area contributed by atoms with Gasteiger partial charge in [-0.2, -0.15) is 0 Å². The van der Waals surface area contributed by atoms with E-state index < -0.39 is 0 Å². The van der Waals surface area contributed by atoms with Crippen LogP contribution < -0.4 is 0 Å². The van der Waals surface area contributed by atoms with Gasteiger partial charge in [0, 0.05) is 17.3 Å². The molecule has 2 heteroatoms. The number of alkyl halides is 1. The Balaban J connectivity index is 2.66. The molecule has 1 aromatic carbocycles. The zero-order valence-electron chi connectivity index (χ0n) is 11.0. The Morgan fingerprint density at radius 1 is 1.00 bits per heavy atom. The number of carbonyl (C=O) groups is 1. The number of hydrogen-bond acceptors (Lipinski definition) is 1. The summed E-state index contributed by atoms with van der Waals surface area (Å²) in [6, 6.07) is 4.15. The van der Waals surface area contributed by atoms with E-state index in [2.05, 4.69) is 35.8 Å². The molecule has 0 bridgehead atoms. The fraction of sp³-hybridized carbons (Fsp3) is 0.533. The molecule has 0 radical (unpaired) electrons. The highest BCUT2D eigenvalue weighted by Crippen LogP contribution is 2.18. The molecule has 1 nitrogen and oxygen atoms in total. The number of hydrogen-bond donors (Lipinski definition) is 0. The molecule has 0 atom stereocenters. The molecule has 94 valence electrons. The Kier molecular flexibility index (Phi) is 5.90. The Morgan fingerprint density at radius 2 is 1.65 bits per heavy atom. The van der Waals surface area contributed by atoms with E-state index >= 15 is 0 Å². The molecule has 0 amide bonds. The fourth-order valence-electron chi connectivity index (χ4n) is 1.95. The van der Waals surface area contributed by atoms with Crippen LogP contribution in [-0.4, -0.2) is 11.1 Å². The molecule has 0 spiro atoms. The first-order valence-corrected chi connectivity index (χ1v) is 7.35. The van der Waals surface area contributed by atoms with Gasteiger partial charge >= 0.3 is 0 Å². The van der Waals surface area contributed by atoms with Crippen molar-refractivity contribution in [2.24, 2.45) is 0 Å². The summed E-state index contributed by atoms with van der Waals surface area (Å²) in [5.74, 6) is 0.292. The highest BCUT2D eigenvalue weighted by Gasteiger charge is 2.10. The van der Waals surface area contributed by atoms with Gasteiger partial charge in [-0.1, -0.05) is 28.4 Å². The molecule has 17 heavy (non-hydrogen) atoms. The molecule has 1 rings (SSSR count). The molecule has 0 aliphatic carbocycles. The van der Waals surface area contributed by atoms with Crippen molar-refractivity contribution in [2.45, 2.75) is 46.5 Å². The van der Waals surface area contributed by atoms with Crippen LogP contribution in [0.1, 0.15) is 52.7 Å². The number of rotatable bonds is 6. The third-order valence-electron chi connectivity index (χ3n) is 3.18. The summed E-state index contributed by atoms with van der Waals surface area (Å²) >= 11 is 3.41. The molecule has 0 saturated carbocycles. The summed E-state index contributed by atoms with van der Waals surface area (Å²) in [7, 11) is 0. The van der Waals surface area contributed by atoms with Crippen molar-refractivity contribution >= 4 is 21.7 Å². The number of carbonyl (C=O) groups excluding carboxylic acids is 1. The van der Waals surface area contributed by atoms with Crippen LogP contribution in [0.25, 0.3) is 0 Å². The van der Waals surface area contributed by atoms with E-state index in [1.807, 2.05) is 13.0 Å². The average Bonchev–Trinajstić information content (AvgIpc) is 2.29. The normalized spacial score (nSPS) is 10.6. The number of ketones is 1. The minimum Gasteiger partial charge on any atom is -0.294 e. The van der Waals surface area contributed by atoms with Gasteiger partial charge in [-0.25, -0.2) is 0 Å². The number of halogens is 1. The quantitative estimate of drug-likeness (QED) is 0.421. The molecule has 0 N–H and O–H groups in total. The number of Topliss-reactive ketones (excluding diaryl/α,β-unsaturated/α-hetero) is 1. The van der Waals surface area contributed by atoms with E-state index in [4.69, 9.17) is 0 Å².